The van der Waals surface area contributed by atoms with Crippen molar-refractivity contribution in [1.82, 2.24) is 9.78 Å². The highest BCUT2D eigenvalue weighted by Gasteiger charge is 2.13. The number of unbranched alkanes of at least 4 members (excludes halogenated alkanes) is 1. The van der Waals surface area contributed by atoms with Crippen molar-refractivity contribution in [3.63, 3.8) is 0 Å². The summed E-state index contributed by atoms with van der Waals surface area (Å²) in [5.74, 6) is 1.30. The SMILES string of the molecule is CCCCc1cc(NC(=O)Nc2cccc(Cl)c2)n(-c2cccc(OC)c2)n1. The number of halogens is 1. The van der Waals surface area contributed by atoms with Gasteiger partial charge in [-0.15, -0.1) is 0 Å². The van der Waals surface area contributed by atoms with Crippen LogP contribution < -0.4 is 15.4 Å². The minimum atomic E-state index is -0.367. The van der Waals surface area contributed by atoms with Gasteiger partial charge in [-0.1, -0.05) is 37.1 Å². The standard InChI is InChI=1S/C21H23ClN4O2/c1-3-4-8-17-13-20(24-21(27)23-16-9-5-7-15(22)12-16)26(25-17)18-10-6-11-19(14-18)28-2/h5-7,9-14H,3-4,8H2,1-2H3,(H2,23,24,27). The zero-order valence-corrected chi connectivity index (χ0v) is 16.7. The van der Waals surface area contributed by atoms with Crippen LogP contribution in [0.3, 0.4) is 0 Å². The number of nitrogens with one attached hydrogen (secondary N) is 2. The summed E-state index contributed by atoms with van der Waals surface area (Å²) in [6.45, 7) is 2.14. The maximum Gasteiger partial charge on any atom is 0.324 e. The molecule has 0 unspecified atom stereocenters. The molecular weight excluding hydrogens is 376 g/mol. The number of urea groups is 1. The van der Waals surface area contributed by atoms with E-state index in [1.807, 2.05) is 30.3 Å². The molecule has 1 heterocycles. The Morgan fingerprint density at radius 1 is 1.14 bits per heavy atom. The monoisotopic (exact) mass is 398 g/mol. The fraction of sp³-hybridized carbons (Fsp3) is 0.238. The maximum atomic E-state index is 12.5. The van der Waals surface area contributed by atoms with Gasteiger partial charge in [0.05, 0.1) is 18.5 Å². The van der Waals surface area contributed by atoms with Gasteiger partial charge in [0.1, 0.15) is 11.6 Å². The second-order valence-electron chi connectivity index (χ2n) is 6.33. The third kappa shape index (κ3) is 5.04. The van der Waals surface area contributed by atoms with Crippen LogP contribution in [0.15, 0.2) is 54.6 Å². The molecule has 0 saturated carbocycles. The van der Waals surface area contributed by atoms with Crippen molar-refractivity contribution < 1.29 is 9.53 Å². The van der Waals surface area contributed by atoms with Gasteiger partial charge in [-0.3, -0.25) is 5.32 Å². The lowest BCUT2D eigenvalue weighted by atomic mass is 10.2. The average molecular weight is 399 g/mol. The largest absolute Gasteiger partial charge is 0.497 e. The predicted molar refractivity (Wildman–Crippen MR) is 113 cm³/mol. The van der Waals surface area contributed by atoms with Crippen molar-refractivity contribution in [2.24, 2.45) is 0 Å². The van der Waals surface area contributed by atoms with Gasteiger partial charge < -0.3 is 10.1 Å². The van der Waals surface area contributed by atoms with E-state index in [0.29, 0.717) is 16.5 Å². The molecule has 2 amide bonds. The lowest BCUT2D eigenvalue weighted by molar-refractivity contribution is 0.262. The predicted octanol–water partition coefficient (Wildman–Crippen LogP) is 5.52. The molecule has 7 heteroatoms. The second kappa shape index (κ2) is 9.28. The summed E-state index contributed by atoms with van der Waals surface area (Å²) in [5, 5.41) is 10.9. The van der Waals surface area contributed by atoms with E-state index in [2.05, 4.69) is 22.7 Å². The summed E-state index contributed by atoms with van der Waals surface area (Å²) in [5.41, 5.74) is 2.34. The van der Waals surface area contributed by atoms with Gasteiger partial charge in [0.25, 0.3) is 0 Å². The summed E-state index contributed by atoms with van der Waals surface area (Å²) >= 11 is 5.98. The molecule has 146 valence electrons. The van der Waals surface area contributed by atoms with Crippen molar-refractivity contribution in [3.05, 3.63) is 65.3 Å². The lowest BCUT2D eigenvalue weighted by Crippen LogP contribution is -2.21. The number of benzene rings is 2. The zero-order chi connectivity index (χ0) is 19.9. The van der Waals surface area contributed by atoms with E-state index in [9.17, 15) is 4.79 Å². The van der Waals surface area contributed by atoms with E-state index in [-0.39, 0.29) is 6.03 Å². The molecule has 0 aliphatic rings. The van der Waals surface area contributed by atoms with Crippen LogP contribution in [0.5, 0.6) is 5.75 Å². The van der Waals surface area contributed by atoms with Gasteiger partial charge in [-0.2, -0.15) is 5.10 Å². The highest BCUT2D eigenvalue weighted by molar-refractivity contribution is 6.30. The Morgan fingerprint density at radius 3 is 2.71 bits per heavy atom. The number of methoxy groups -OCH3 is 1. The number of amides is 2. The smallest absolute Gasteiger partial charge is 0.324 e. The van der Waals surface area contributed by atoms with Crippen LogP contribution in [0, 0.1) is 0 Å². The van der Waals surface area contributed by atoms with Crippen molar-refractivity contribution in [2.75, 3.05) is 17.7 Å². The quantitative estimate of drug-likeness (QED) is 0.550. The Labute approximate surface area is 169 Å². The Hall–Kier alpha value is -2.99. The Morgan fingerprint density at radius 2 is 1.96 bits per heavy atom. The molecular formula is C21H23ClN4O2. The van der Waals surface area contributed by atoms with Gasteiger partial charge in [0.15, 0.2) is 0 Å². The molecule has 0 bridgehead atoms. The molecule has 0 atom stereocenters. The third-order valence-corrected chi connectivity index (χ3v) is 4.40. The molecule has 0 aliphatic carbocycles. The Balaban J connectivity index is 1.85. The average Bonchev–Trinajstić information content (AvgIpc) is 3.08. The van der Waals surface area contributed by atoms with Crippen molar-refractivity contribution >= 4 is 29.1 Å². The molecule has 2 N–H and O–H groups in total. The number of aromatic nitrogens is 2. The van der Waals surface area contributed by atoms with Crippen LogP contribution in [-0.4, -0.2) is 22.9 Å². The van der Waals surface area contributed by atoms with E-state index in [1.54, 1.807) is 36.1 Å². The number of nitrogens with zero attached hydrogens (tertiary/aromatic N) is 2. The van der Waals surface area contributed by atoms with Crippen LogP contribution in [-0.2, 0) is 6.42 Å². The van der Waals surface area contributed by atoms with E-state index in [4.69, 9.17) is 16.3 Å². The van der Waals surface area contributed by atoms with Gasteiger partial charge in [0, 0.05) is 22.8 Å². The number of carbonyl (C=O) groups is 1. The molecule has 3 rings (SSSR count). The Bertz CT molecular complexity index is 955. The molecule has 0 fully saturated rings. The number of carbonyl (C=O) groups excluding carboxylic acids is 1. The summed E-state index contributed by atoms with van der Waals surface area (Å²) in [6.07, 6.45) is 2.95. The first-order chi connectivity index (χ1) is 13.6. The topological polar surface area (TPSA) is 68.2 Å². The van der Waals surface area contributed by atoms with Crippen LogP contribution in [0.4, 0.5) is 16.3 Å². The van der Waals surface area contributed by atoms with Gasteiger partial charge in [-0.05, 0) is 43.2 Å². The third-order valence-electron chi connectivity index (χ3n) is 4.17. The van der Waals surface area contributed by atoms with Crippen molar-refractivity contribution in [3.8, 4) is 11.4 Å². The maximum absolute atomic E-state index is 12.5. The first-order valence-electron chi connectivity index (χ1n) is 9.16. The number of hydrogen-bond acceptors (Lipinski definition) is 3. The summed E-state index contributed by atoms with van der Waals surface area (Å²) < 4.78 is 7.02. The second-order valence-corrected chi connectivity index (χ2v) is 6.76. The first-order valence-corrected chi connectivity index (χ1v) is 9.54. The first kappa shape index (κ1) is 19.8. The fourth-order valence-electron chi connectivity index (χ4n) is 2.78. The summed E-state index contributed by atoms with van der Waals surface area (Å²) in [7, 11) is 1.62. The van der Waals surface area contributed by atoms with Gasteiger partial charge in [0.2, 0.25) is 0 Å². The number of anilines is 2. The van der Waals surface area contributed by atoms with Crippen LogP contribution >= 0.6 is 11.6 Å². The summed E-state index contributed by atoms with van der Waals surface area (Å²) in [4.78, 5) is 12.5. The molecule has 0 aliphatic heterocycles. The molecule has 6 nitrogen and oxygen atoms in total. The lowest BCUT2D eigenvalue weighted by Gasteiger charge is -2.11. The number of rotatable bonds is 7. The molecule has 2 aromatic carbocycles. The zero-order valence-electron chi connectivity index (χ0n) is 15.9. The normalized spacial score (nSPS) is 10.5. The summed E-state index contributed by atoms with van der Waals surface area (Å²) in [6, 6.07) is 16.1. The highest BCUT2D eigenvalue weighted by atomic mass is 35.5. The van der Waals surface area contributed by atoms with Gasteiger partial charge >= 0.3 is 6.03 Å². The van der Waals surface area contributed by atoms with Crippen LogP contribution in [0.1, 0.15) is 25.5 Å². The number of hydrogen-bond donors (Lipinski definition) is 2. The number of ether oxygens (including phenoxy) is 1. The highest BCUT2D eigenvalue weighted by Crippen LogP contribution is 2.22. The molecule has 0 saturated heterocycles. The molecule has 1 aromatic heterocycles. The van der Waals surface area contributed by atoms with Crippen LogP contribution in [0.2, 0.25) is 5.02 Å². The van der Waals surface area contributed by atoms with Crippen LogP contribution in [0.25, 0.3) is 5.69 Å². The molecule has 28 heavy (non-hydrogen) atoms. The van der Waals surface area contributed by atoms with E-state index in [0.717, 1.165) is 36.4 Å². The minimum Gasteiger partial charge on any atom is -0.497 e. The fourth-order valence-corrected chi connectivity index (χ4v) is 2.97. The van der Waals surface area contributed by atoms with E-state index < -0.39 is 0 Å². The number of aryl methyl sites for hydroxylation is 1. The Kier molecular flexibility index (Phi) is 6.55. The molecule has 0 spiro atoms. The van der Waals surface area contributed by atoms with E-state index >= 15 is 0 Å². The van der Waals surface area contributed by atoms with Crippen molar-refractivity contribution in [1.29, 1.82) is 0 Å². The van der Waals surface area contributed by atoms with Gasteiger partial charge in [-0.25, -0.2) is 9.48 Å². The van der Waals surface area contributed by atoms with E-state index in [1.165, 1.54) is 0 Å². The molecule has 0 radical (unpaired) electrons. The molecule has 3 aromatic rings. The minimum absolute atomic E-state index is 0.367. The van der Waals surface area contributed by atoms with Crippen molar-refractivity contribution in [2.45, 2.75) is 26.2 Å².